The number of amides is 2. The molecular formula is C32H38Cl3F2N3O4. The summed E-state index contributed by atoms with van der Waals surface area (Å²) in [7, 11) is 3.37. The quantitative estimate of drug-likeness (QED) is 0.253. The van der Waals surface area contributed by atoms with Crippen LogP contribution in [0.1, 0.15) is 48.5 Å². The smallest absolute Gasteiger partial charge is 0.287 e. The molecule has 0 radical (unpaired) electrons. The molecule has 2 amide bonds. The van der Waals surface area contributed by atoms with Gasteiger partial charge in [-0.2, -0.15) is 0 Å². The Balaban J connectivity index is 1.37. The molecular weight excluding hydrogens is 635 g/mol. The van der Waals surface area contributed by atoms with Gasteiger partial charge in [0, 0.05) is 68.5 Å². The lowest BCUT2D eigenvalue weighted by Crippen LogP contribution is -2.59. The number of halogens is 5. The van der Waals surface area contributed by atoms with E-state index in [1.165, 1.54) is 34.1 Å². The molecule has 4 rings (SSSR count). The van der Waals surface area contributed by atoms with Gasteiger partial charge >= 0.3 is 0 Å². The average Bonchev–Trinajstić information content (AvgIpc) is 2.96. The second kappa shape index (κ2) is 14.3. The summed E-state index contributed by atoms with van der Waals surface area (Å²) in [5.41, 5.74) is -1.32. The summed E-state index contributed by atoms with van der Waals surface area (Å²) in [6.45, 7) is 5.95. The minimum absolute atomic E-state index is 0.0344. The van der Waals surface area contributed by atoms with Gasteiger partial charge in [0.25, 0.3) is 17.7 Å². The van der Waals surface area contributed by atoms with Gasteiger partial charge in [-0.3, -0.25) is 9.59 Å². The number of hydrogen-bond donors (Lipinski definition) is 0. The molecule has 7 nitrogen and oxygen atoms in total. The van der Waals surface area contributed by atoms with Crippen molar-refractivity contribution in [1.82, 2.24) is 9.80 Å². The Kier molecular flexibility index (Phi) is 11.2. The molecule has 2 saturated heterocycles. The standard InChI is InChI=1S/C32H38Cl3F2N3O4/c1-5-16-43-32(31(2,36)37,21-17-22(33)19-23(34)18-21)30(42)40-14-10-26(11-15-40)44-25-8-12-39(13-9-25)24-6-7-27(28(35)20-24)29(41)38(3)4/h5-7,17-20,25-26H,1,8-16H2,2-4H3. The zero-order valence-corrected chi connectivity index (χ0v) is 27.4. The minimum atomic E-state index is -3.60. The first kappa shape index (κ1) is 34.4. The Hall–Kier alpha value is -2.43. The molecule has 1 atom stereocenters. The molecule has 0 bridgehead atoms. The van der Waals surface area contributed by atoms with Crippen LogP contribution in [0.25, 0.3) is 0 Å². The minimum Gasteiger partial charge on any atom is -0.375 e. The van der Waals surface area contributed by atoms with E-state index < -0.39 is 17.4 Å². The van der Waals surface area contributed by atoms with Crippen molar-refractivity contribution in [1.29, 1.82) is 0 Å². The van der Waals surface area contributed by atoms with Gasteiger partial charge in [0.15, 0.2) is 0 Å². The van der Waals surface area contributed by atoms with Crippen molar-refractivity contribution < 1.29 is 27.8 Å². The van der Waals surface area contributed by atoms with E-state index in [0.29, 0.717) is 30.4 Å². The zero-order valence-electron chi connectivity index (χ0n) is 25.1. The van der Waals surface area contributed by atoms with Crippen LogP contribution in [0.4, 0.5) is 14.5 Å². The van der Waals surface area contributed by atoms with Crippen molar-refractivity contribution in [3.63, 3.8) is 0 Å². The summed E-state index contributed by atoms with van der Waals surface area (Å²) in [5.74, 6) is -4.60. The van der Waals surface area contributed by atoms with Crippen LogP contribution in [-0.4, -0.2) is 86.6 Å². The lowest BCUT2D eigenvalue weighted by Gasteiger charge is -2.43. The van der Waals surface area contributed by atoms with Gasteiger partial charge in [0.05, 0.1) is 29.4 Å². The van der Waals surface area contributed by atoms with E-state index in [-0.39, 0.29) is 53.4 Å². The molecule has 2 aromatic rings. The van der Waals surface area contributed by atoms with Gasteiger partial charge in [0.2, 0.25) is 5.60 Å². The van der Waals surface area contributed by atoms with Crippen LogP contribution in [-0.2, 0) is 19.9 Å². The molecule has 44 heavy (non-hydrogen) atoms. The Labute approximate surface area is 272 Å². The van der Waals surface area contributed by atoms with Crippen molar-refractivity contribution >= 4 is 52.3 Å². The van der Waals surface area contributed by atoms with Crippen LogP contribution in [0, 0.1) is 0 Å². The Morgan fingerprint density at radius 2 is 1.55 bits per heavy atom. The number of piperidine rings is 2. The van der Waals surface area contributed by atoms with E-state index in [0.717, 1.165) is 31.6 Å². The lowest BCUT2D eigenvalue weighted by atomic mass is 9.85. The van der Waals surface area contributed by atoms with Crippen LogP contribution in [0.5, 0.6) is 0 Å². The number of anilines is 1. The maximum absolute atomic E-state index is 15.4. The monoisotopic (exact) mass is 671 g/mol. The van der Waals surface area contributed by atoms with Crippen molar-refractivity contribution in [3.05, 3.63) is 75.2 Å². The topological polar surface area (TPSA) is 62.3 Å². The maximum Gasteiger partial charge on any atom is 0.287 e. The predicted octanol–water partition coefficient (Wildman–Crippen LogP) is 7.08. The van der Waals surface area contributed by atoms with E-state index in [1.54, 1.807) is 20.2 Å². The SMILES string of the molecule is C=CCOC(C(=O)N1CCC(OC2CCN(c3ccc(C(=O)N(C)C)c(Cl)c3)CC2)CC1)(c1cc(Cl)cc(Cl)c1)C(C)(F)F. The highest BCUT2D eigenvalue weighted by Crippen LogP contribution is 2.45. The molecule has 12 heteroatoms. The Bertz CT molecular complexity index is 1340. The van der Waals surface area contributed by atoms with Gasteiger partial charge in [-0.1, -0.05) is 40.9 Å². The molecule has 1 unspecified atom stereocenters. The fourth-order valence-corrected chi connectivity index (χ4v) is 6.61. The molecule has 0 N–H and O–H groups in total. The third kappa shape index (κ3) is 7.50. The van der Waals surface area contributed by atoms with Gasteiger partial charge in [-0.15, -0.1) is 6.58 Å². The maximum atomic E-state index is 15.4. The number of carbonyl (C=O) groups excluding carboxylic acids is 2. The fraction of sp³-hybridized carbons (Fsp3) is 0.500. The second-order valence-corrected chi connectivity index (χ2v) is 12.8. The fourth-order valence-electron chi connectivity index (χ4n) is 5.83. The number of carbonyl (C=O) groups is 2. The molecule has 2 heterocycles. The number of ether oxygens (including phenoxy) is 2. The predicted molar refractivity (Wildman–Crippen MR) is 170 cm³/mol. The summed E-state index contributed by atoms with van der Waals surface area (Å²) in [6.07, 6.45) is 3.86. The van der Waals surface area contributed by atoms with Gasteiger partial charge in [-0.05, 0) is 62.1 Å². The van der Waals surface area contributed by atoms with Gasteiger partial charge in [-0.25, -0.2) is 8.78 Å². The number of alkyl halides is 2. The van der Waals surface area contributed by atoms with E-state index in [2.05, 4.69) is 11.5 Å². The highest BCUT2D eigenvalue weighted by Gasteiger charge is 2.60. The average molecular weight is 673 g/mol. The molecule has 2 aromatic carbocycles. The summed E-state index contributed by atoms with van der Waals surface area (Å²) in [5, 5.41) is 0.654. The van der Waals surface area contributed by atoms with Crippen molar-refractivity contribution in [2.45, 2.75) is 56.3 Å². The molecule has 2 aliphatic rings. The number of rotatable bonds is 10. The largest absolute Gasteiger partial charge is 0.375 e. The first-order valence-corrected chi connectivity index (χ1v) is 15.7. The highest BCUT2D eigenvalue weighted by atomic mass is 35.5. The summed E-state index contributed by atoms with van der Waals surface area (Å²) in [4.78, 5) is 31.3. The third-order valence-electron chi connectivity index (χ3n) is 8.12. The molecule has 0 aliphatic carbocycles. The number of likely N-dealkylation sites (tertiary alicyclic amines) is 1. The van der Waals surface area contributed by atoms with Crippen LogP contribution in [0.3, 0.4) is 0 Å². The summed E-state index contributed by atoms with van der Waals surface area (Å²) in [6, 6.07) is 9.48. The number of nitrogens with zero attached hydrogens (tertiary/aromatic N) is 3. The molecule has 0 saturated carbocycles. The summed E-state index contributed by atoms with van der Waals surface area (Å²) >= 11 is 18.7. The van der Waals surface area contributed by atoms with Crippen molar-refractivity contribution in [2.75, 3.05) is 51.8 Å². The molecule has 0 spiro atoms. The molecule has 2 aliphatic heterocycles. The van der Waals surface area contributed by atoms with E-state index in [1.807, 2.05) is 12.1 Å². The Morgan fingerprint density at radius 1 is 0.977 bits per heavy atom. The third-order valence-corrected chi connectivity index (χ3v) is 8.87. The normalized spacial score (nSPS) is 18.2. The van der Waals surface area contributed by atoms with E-state index in [9.17, 15) is 9.59 Å². The van der Waals surface area contributed by atoms with Crippen molar-refractivity contribution in [3.8, 4) is 0 Å². The van der Waals surface area contributed by atoms with E-state index >= 15 is 8.78 Å². The number of benzene rings is 2. The van der Waals surface area contributed by atoms with Crippen LogP contribution in [0.15, 0.2) is 49.1 Å². The Morgan fingerprint density at radius 3 is 2.05 bits per heavy atom. The number of hydrogen-bond acceptors (Lipinski definition) is 5. The van der Waals surface area contributed by atoms with Crippen LogP contribution in [0.2, 0.25) is 15.1 Å². The van der Waals surface area contributed by atoms with Crippen LogP contribution >= 0.6 is 34.8 Å². The lowest BCUT2D eigenvalue weighted by molar-refractivity contribution is -0.215. The van der Waals surface area contributed by atoms with Crippen LogP contribution < -0.4 is 4.90 Å². The first-order valence-electron chi connectivity index (χ1n) is 14.6. The molecule has 2 fully saturated rings. The molecule has 0 aromatic heterocycles. The zero-order chi connectivity index (χ0) is 32.2. The van der Waals surface area contributed by atoms with Crippen molar-refractivity contribution in [2.24, 2.45) is 0 Å². The van der Waals surface area contributed by atoms with Gasteiger partial charge in [0.1, 0.15) is 0 Å². The molecule has 240 valence electrons. The second-order valence-electron chi connectivity index (χ2n) is 11.5. The summed E-state index contributed by atoms with van der Waals surface area (Å²) < 4.78 is 42.9. The van der Waals surface area contributed by atoms with E-state index in [4.69, 9.17) is 44.3 Å². The first-order chi connectivity index (χ1) is 20.8. The highest BCUT2D eigenvalue weighted by molar-refractivity contribution is 6.35. The van der Waals surface area contributed by atoms with Gasteiger partial charge < -0.3 is 24.2 Å².